The van der Waals surface area contributed by atoms with Crippen LogP contribution in [0.25, 0.3) is 0 Å². The van der Waals surface area contributed by atoms with E-state index in [2.05, 4.69) is 12.3 Å². The first-order valence-electron chi connectivity index (χ1n) is 3.44. The first-order valence-corrected chi connectivity index (χ1v) is 3.44. The molecule has 0 saturated heterocycles. The lowest BCUT2D eigenvalue weighted by atomic mass is 10.1. The van der Waals surface area contributed by atoms with Gasteiger partial charge in [0.25, 0.3) is 0 Å². The van der Waals surface area contributed by atoms with Crippen molar-refractivity contribution in [2.75, 3.05) is 6.61 Å². The molecule has 0 fully saturated rings. The quantitative estimate of drug-likeness (QED) is 0.559. The van der Waals surface area contributed by atoms with Crippen molar-refractivity contribution in [1.29, 1.82) is 0 Å². The van der Waals surface area contributed by atoms with E-state index in [9.17, 15) is 0 Å². The van der Waals surface area contributed by atoms with Crippen molar-refractivity contribution in [3.8, 4) is 0 Å². The molecule has 0 unspecified atom stereocenters. The molecular weight excluding hydrogens is 128 g/mol. The van der Waals surface area contributed by atoms with Gasteiger partial charge in [-0.25, -0.2) is 0 Å². The molecule has 0 aromatic heterocycles. The van der Waals surface area contributed by atoms with Gasteiger partial charge < -0.3 is 10.2 Å². The Balaban J connectivity index is 3.20. The summed E-state index contributed by atoms with van der Waals surface area (Å²) in [6, 6.07) is 0. The lowest BCUT2D eigenvalue weighted by Gasteiger charge is -2.04. The number of rotatable bonds is 5. The van der Waals surface area contributed by atoms with Crippen LogP contribution in [0.3, 0.4) is 0 Å². The summed E-state index contributed by atoms with van der Waals surface area (Å²) in [6.07, 6.45) is 3.33. The summed E-state index contributed by atoms with van der Waals surface area (Å²) in [7, 11) is 0. The molecule has 2 N–H and O–H groups in total. The van der Waals surface area contributed by atoms with Crippen LogP contribution in [-0.4, -0.2) is 22.9 Å². The van der Waals surface area contributed by atoms with E-state index in [0.717, 1.165) is 6.42 Å². The topological polar surface area (TPSA) is 40.5 Å². The zero-order valence-corrected chi connectivity index (χ0v) is 6.08. The molecule has 0 saturated carbocycles. The van der Waals surface area contributed by atoms with E-state index in [0.29, 0.717) is 12.8 Å². The Morgan fingerprint density at radius 3 is 2.70 bits per heavy atom. The first kappa shape index (κ1) is 9.44. The Labute approximate surface area is 61.5 Å². The molecule has 0 amide bonds. The summed E-state index contributed by atoms with van der Waals surface area (Å²) in [5, 5.41) is 17.4. The minimum absolute atomic E-state index is 0.0545. The predicted octanol–water partition coefficient (Wildman–Crippen LogP) is 0.851. The van der Waals surface area contributed by atoms with Crippen molar-refractivity contribution < 1.29 is 10.2 Å². The average molecular weight is 142 g/mol. The molecule has 0 aromatic rings. The van der Waals surface area contributed by atoms with Crippen LogP contribution in [0, 0.1) is 0 Å². The third kappa shape index (κ3) is 5.57. The van der Waals surface area contributed by atoms with Crippen LogP contribution in [-0.2, 0) is 0 Å². The summed E-state index contributed by atoms with van der Waals surface area (Å²) in [4.78, 5) is 0. The van der Waals surface area contributed by atoms with Crippen molar-refractivity contribution >= 4 is 0 Å². The number of allylic oxidation sites excluding steroid dienone is 1. The molecule has 1 atom stereocenters. The molecule has 0 aliphatic heterocycles. The van der Waals surface area contributed by atoms with Gasteiger partial charge in [0.05, 0.1) is 6.10 Å². The fraction of sp³-hybridized carbons (Fsp3) is 0.625. The number of hydrogen-bond donors (Lipinski definition) is 2. The molecule has 0 aromatic carbocycles. The average Bonchev–Trinajstić information content (AvgIpc) is 1.89. The largest absolute Gasteiger partial charge is 0.396 e. The monoisotopic (exact) mass is 142 g/mol. The van der Waals surface area contributed by atoms with E-state index in [1.54, 1.807) is 6.08 Å². The molecule has 58 valence electrons. The van der Waals surface area contributed by atoms with Crippen LogP contribution in [0.1, 0.15) is 19.3 Å². The van der Waals surface area contributed by atoms with Gasteiger partial charge in [-0.15, -0.1) is 5.73 Å². The Hall–Kier alpha value is -0.560. The predicted molar refractivity (Wildman–Crippen MR) is 40.7 cm³/mol. The summed E-state index contributed by atoms with van der Waals surface area (Å²) < 4.78 is 0. The van der Waals surface area contributed by atoms with Crippen molar-refractivity contribution in [2.24, 2.45) is 0 Å². The molecule has 0 rings (SSSR count). The molecule has 2 heteroatoms. The Bertz CT molecular complexity index is 114. The van der Waals surface area contributed by atoms with Crippen LogP contribution >= 0.6 is 0 Å². The Morgan fingerprint density at radius 2 is 2.20 bits per heavy atom. The third-order valence-corrected chi connectivity index (χ3v) is 1.25. The van der Waals surface area contributed by atoms with Crippen LogP contribution in [0.2, 0.25) is 0 Å². The minimum Gasteiger partial charge on any atom is -0.396 e. The zero-order chi connectivity index (χ0) is 7.82. The van der Waals surface area contributed by atoms with Gasteiger partial charge >= 0.3 is 0 Å². The van der Waals surface area contributed by atoms with Crippen molar-refractivity contribution in [3.05, 3.63) is 18.4 Å². The van der Waals surface area contributed by atoms with Gasteiger partial charge in [0.15, 0.2) is 0 Å². The standard InChI is InChI=1S/C8H14O2/c1-2-3-4-5-8(10)6-7-9/h3,8-10H,1,4-7H2/t8-/m1/s1. The maximum atomic E-state index is 9.05. The summed E-state index contributed by atoms with van der Waals surface area (Å²) in [6.45, 7) is 3.45. The van der Waals surface area contributed by atoms with Crippen LogP contribution in [0.5, 0.6) is 0 Å². The highest BCUT2D eigenvalue weighted by Gasteiger charge is 1.99. The van der Waals surface area contributed by atoms with Gasteiger partial charge in [-0.3, -0.25) is 0 Å². The van der Waals surface area contributed by atoms with Crippen molar-refractivity contribution in [1.82, 2.24) is 0 Å². The SMILES string of the molecule is C=C=CCC[C@@H](O)CCO. The fourth-order valence-corrected chi connectivity index (χ4v) is 0.671. The van der Waals surface area contributed by atoms with E-state index in [1.807, 2.05) is 0 Å². The second kappa shape index (κ2) is 6.56. The molecule has 0 bridgehead atoms. The Morgan fingerprint density at radius 1 is 1.50 bits per heavy atom. The highest BCUT2D eigenvalue weighted by atomic mass is 16.3. The van der Waals surface area contributed by atoms with E-state index < -0.39 is 0 Å². The fourth-order valence-electron chi connectivity index (χ4n) is 0.671. The third-order valence-electron chi connectivity index (χ3n) is 1.25. The molecule has 0 aliphatic carbocycles. The van der Waals surface area contributed by atoms with Gasteiger partial charge in [-0.1, -0.05) is 6.58 Å². The Kier molecular flexibility index (Phi) is 6.19. The summed E-state index contributed by atoms with van der Waals surface area (Å²) in [5.41, 5.74) is 2.62. The lowest BCUT2D eigenvalue weighted by Crippen LogP contribution is -2.07. The van der Waals surface area contributed by atoms with Gasteiger partial charge in [0.1, 0.15) is 0 Å². The highest BCUT2D eigenvalue weighted by Crippen LogP contribution is 2.00. The molecular formula is C8H14O2. The van der Waals surface area contributed by atoms with E-state index in [4.69, 9.17) is 10.2 Å². The minimum atomic E-state index is -0.380. The summed E-state index contributed by atoms with van der Waals surface area (Å²) in [5.74, 6) is 0. The number of aliphatic hydroxyl groups is 2. The molecule has 0 radical (unpaired) electrons. The van der Waals surface area contributed by atoms with Crippen LogP contribution in [0.4, 0.5) is 0 Å². The van der Waals surface area contributed by atoms with E-state index >= 15 is 0 Å². The maximum absolute atomic E-state index is 9.05. The molecule has 0 spiro atoms. The normalized spacial score (nSPS) is 12.2. The second-order valence-corrected chi connectivity index (χ2v) is 2.15. The highest BCUT2D eigenvalue weighted by molar-refractivity contribution is 4.76. The van der Waals surface area contributed by atoms with Crippen molar-refractivity contribution in [2.45, 2.75) is 25.4 Å². The second-order valence-electron chi connectivity index (χ2n) is 2.15. The van der Waals surface area contributed by atoms with E-state index in [-0.39, 0.29) is 12.7 Å². The maximum Gasteiger partial charge on any atom is 0.0565 e. The molecule has 10 heavy (non-hydrogen) atoms. The number of aliphatic hydroxyl groups excluding tert-OH is 2. The lowest BCUT2D eigenvalue weighted by molar-refractivity contribution is 0.126. The van der Waals surface area contributed by atoms with Crippen molar-refractivity contribution in [3.63, 3.8) is 0 Å². The molecule has 0 heterocycles. The first-order chi connectivity index (χ1) is 4.81. The van der Waals surface area contributed by atoms with Gasteiger partial charge in [-0.05, 0) is 25.3 Å². The zero-order valence-electron chi connectivity index (χ0n) is 6.08. The molecule has 2 nitrogen and oxygen atoms in total. The summed E-state index contributed by atoms with van der Waals surface area (Å²) >= 11 is 0. The van der Waals surface area contributed by atoms with Crippen LogP contribution in [0.15, 0.2) is 18.4 Å². The van der Waals surface area contributed by atoms with Gasteiger partial charge in [0.2, 0.25) is 0 Å². The van der Waals surface area contributed by atoms with Gasteiger partial charge in [0, 0.05) is 6.61 Å². The number of hydrogen-bond acceptors (Lipinski definition) is 2. The van der Waals surface area contributed by atoms with Crippen LogP contribution < -0.4 is 0 Å². The smallest absolute Gasteiger partial charge is 0.0565 e. The van der Waals surface area contributed by atoms with E-state index in [1.165, 1.54) is 0 Å². The molecule has 0 aliphatic rings. The van der Waals surface area contributed by atoms with Gasteiger partial charge in [-0.2, -0.15) is 0 Å².